The van der Waals surface area contributed by atoms with Crippen molar-refractivity contribution >= 4 is 11.8 Å². The third-order valence-electron chi connectivity index (χ3n) is 5.18. The third-order valence-corrected chi connectivity index (χ3v) is 5.18. The summed E-state index contributed by atoms with van der Waals surface area (Å²) < 4.78 is 1.75. The van der Waals surface area contributed by atoms with Crippen molar-refractivity contribution in [1.29, 1.82) is 0 Å². The van der Waals surface area contributed by atoms with Crippen molar-refractivity contribution in [3.63, 3.8) is 0 Å². The number of carbonyl (C=O) groups is 2. The first kappa shape index (κ1) is 17.0. The number of piperidine rings is 2. The van der Waals surface area contributed by atoms with Gasteiger partial charge >= 0.3 is 0 Å². The lowest BCUT2D eigenvalue weighted by molar-refractivity contribution is -0.140. The van der Waals surface area contributed by atoms with Gasteiger partial charge in [0.15, 0.2) is 0 Å². The number of hydrogen-bond acceptors (Lipinski definition) is 4. The minimum absolute atomic E-state index is 0.0209. The Bertz CT molecular complexity index is 560. The van der Waals surface area contributed by atoms with Gasteiger partial charge in [-0.15, -0.1) is 0 Å². The van der Waals surface area contributed by atoms with Crippen molar-refractivity contribution in [2.24, 2.45) is 0 Å². The van der Waals surface area contributed by atoms with Gasteiger partial charge in [-0.2, -0.15) is 5.10 Å². The molecule has 0 unspecified atom stereocenters. The fourth-order valence-electron chi connectivity index (χ4n) is 3.70. The van der Waals surface area contributed by atoms with E-state index in [0.29, 0.717) is 12.8 Å². The average Bonchev–Trinajstić information content (AvgIpc) is 3.17. The molecule has 1 aromatic heterocycles. The largest absolute Gasteiger partial charge is 0.342 e. The quantitative estimate of drug-likeness (QED) is 0.840. The first-order valence-corrected chi connectivity index (χ1v) is 8.94. The zero-order chi connectivity index (χ0) is 17.0. The van der Waals surface area contributed by atoms with Crippen molar-refractivity contribution in [2.75, 3.05) is 26.2 Å². The SMILES string of the molecule is C[C@H](NC(=O)C1(n2cccn2)CCNCC1)C(=O)N1CCCCC1. The fraction of sp³-hybridized carbons (Fsp3) is 0.706. The summed E-state index contributed by atoms with van der Waals surface area (Å²) in [5, 5.41) is 10.6. The van der Waals surface area contributed by atoms with Crippen LogP contribution < -0.4 is 10.6 Å². The van der Waals surface area contributed by atoms with Crippen LogP contribution >= 0.6 is 0 Å². The van der Waals surface area contributed by atoms with Crippen LogP contribution in [0.5, 0.6) is 0 Å². The molecule has 1 atom stereocenters. The number of carbonyl (C=O) groups excluding carboxylic acids is 2. The first-order chi connectivity index (χ1) is 11.6. The molecule has 2 fully saturated rings. The molecule has 2 N–H and O–H groups in total. The predicted octanol–water partition coefficient (Wildman–Crippen LogP) is 0.479. The molecule has 0 spiro atoms. The van der Waals surface area contributed by atoms with Gasteiger partial charge in [-0.05, 0) is 58.2 Å². The summed E-state index contributed by atoms with van der Waals surface area (Å²) in [6, 6.07) is 1.33. The molecule has 24 heavy (non-hydrogen) atoms. The van der Waals surface area contributed by atoms with Gasteiger partial charge in [0.05, 0.1) is 0 Å². The van der Waals surface area contributed by atoms with Crippen LogP contribution in [0.25, 0.3) is 0 Å². The first-order valence-electron chi connectivity index (χ1n) is 8.94. The van der Waals surface area contributed by atoms with E-state index in [0.717, 1.165) is 39.0 Å². The van der Waals surface area contributed by atoms with Crippen molar-refractivity contribution in [2.45, 2.75) is 50.6 Å². The van der Waals surface area contributed by atoms with E-state index in [9.17, 15) is 9.59 Å². The van der Waals surface area contributed by atoms with Crippen LogP contribution in [0.1, 0.15) is 39.0 Å². The van der Waals surface area contributed by atoms with Crippen molar-refractivity contribution in [3.05, 3.63) is 18.5 Å². The molecule has 2 aliphatic rings. The summed E-state index contributed by atoms with van der Waals surface area (Å²) in [6.45, 7) is 4.91. The Balaban J connectivity index is 1.70. The standard InChI is InChI=1S/C17H27N5O2/c1-14(15(23)21-11-3-2-4-12-21)20-16(24)17(6-9-18-10-7-17)22-13-5-8-19-22/h5,8,13-14,18H,2-4,6-7,9-12H2,1H3,(H,20,24)/t14-/m0/s1. The molecule has 7 nitrogen and oxygen atoms in total. The summed E-state index contributed by atoms with van der Waals surface area (Å²) in [6.07, 6.45) is 8.15. The molecule has 2 saturated heterocycles. The highest BCUT2D eigenvalue weighted by atomic mass is 16.2. The summed E-state index contributed by atoms with van der Waals surface area (Å²) in [5.74, 6) is -0.0850. The minimum Gasteiger partial charge on any atom is -0.342 e. The van der Waals surface area contributed by atoms with Crippen LogP contribution in [-0.4, -0.2) is 58.7 Å². The maximum atomic E-state index is 13.0. The Morgan fingerprint density at radius 3 is 2.54 bits per heavy atom. The zero-order valence-corrected chi connectivity index (χ0v) is 14.3. The maximum absolute atomic E-state index is 13.0. The van der Waals surface area contributed by atoms with Gasteiger partial charge in [-0.3, -0.25) is 14.3 Å². The Hall–Kier alpha value is -1.89. The molecule has 132 valence electrons. The lowest BCUT2D eigenvalue weighted by atomic mass is 9.87. The average molecular weight is 333 g/mol. The van der Waals surface area contributed by atoms with Crippen molar-refractivity contribution < 1.29 is 9.59 Å². The number of amides is 2. The van der Waals surface area contributed by atoms with Crippen molar-refractivity contribution in [1.82, 2.24) is 25.3 Å². The molecule has 0 bridgehead atoms. The number of likely N-dealkylation sites (tertiary alicyclic amines) is 1. The Morgan fingerprint density at radius 1 is 1.21 bits per heavy atom. The normalized spacial score (nSPS) is 22.0. The molecule has 0 saturated carbocycles. The molecule has 1 aromatic rings. The lowest BCUT2D eigenvalue weighted by Gasteiger charge is -2.37. The topological polar surface area (TPSA) is 79.3 Å². The second-order valence-electron chi connectivity index (χ2n) is 6.81. The maximum Gasteiger partial charge on any atom is 0.248 e. The van der Waals surface area contributed by atoms with Gasteiger partial charge in [0.1, 0.15) is 11.6 Å². The Labute approximate surface area is 142 Å². The molecule has 0 aliphatic carbocycles. The van der Waals surface area contributed by atoms with Gasteiger partial charge in [0.25, 0.3) is 0 Å². The van der Waals surface area contributed by atoms with Crippen LogP contribution in [0, 0.1) is 0 Å². The van der Waals surface area contributed by atoms with Crippen LogP contribution in [0.2, 0.25) is 0 Å². The van der Waals surface area contributed by atoms with Gasteiger partial charge in [0.2, 0.25) is 11.8 Å². The van der Waals surface area contributed by atoms with E-state index >= 15 is 0 Å². The van der Waals surface area contributed by atoms with E-state index in [1.165, 1.54) is 6.42 Å². The molecule has 0 radical (unpaired) electrons. The molecule has 3 heterocycles. The van der Waals surface area contributed by atoms with E-state index in [2.05, 4.69) is 15.7 Å². The number of nitrogens with zero attached hydrogens (tertiary/aromatic N) is 3. The van der Waals surface area contributed by atoms with Gasteiger partial charge in [0, 0.05) is 25.5 Å². The summed E-state index contributed by atoms with van der Waals surface area (Å²) in [4.78, 5) is 27.5. The highest BCUT2D eigenvalue weighted by Gasteiger charge is 2.43. The van der Waals surface area contributed by atoms with Gasteiger partial charge in [-0.25, -0.2) is 0 Å². The van der Waals surface area contributed by atoms with Crippen LogP contribution in [-0.2, 0) is 15.1 Å². The number of hydrogen-bond donors (Lipinski definition) is 2. The lowest BCUT2D eigenvalue weighted by Crippen LogP contribution is -2.58. The Kier molecular flexibility index (Phi) is 5.18. The van der Waals surface area contributed by atoms with Crippen molar-refractivity contribution in [3.8, 4) is 0 Å². The molecule has 3 rings (SSSR count). The fourth-order valence-corrected chi connectivity index (χ4v) is 3.70. The van der Waals surface area contributed by atoms with Crippen LogP contribution in [0.4, 0.5) is 0 Å². The highest BCUT2D eigenvalue weighted by molar-refractivity contribution is 5.91. The van der Waals surface area contributed by atoms with Gasteiger partial charge in [-0.1, -0.05) is 0 Å². The number of nitrogens with one attached hydrogen (secondary N) is 2. The van der Waals surface area contributed by atoms with E-state index in [1.807, 2.05) is 17.2 Å². The summed E-state index contributed by atoms with van der Waals surface area (Å²) in [7, 11) is 0. The van der Waals surface area contributed by atoms with E-state index in [-0.39, 0.29) is 11.8 Å². The number of aromatic nitrogens is 2. The van der Waals surface area contributed by atoms with Crippen LogP contribution in [0.3, 0.4) is 0 Å². The second-order valence-corrected chi connectivity index (χ2v) is 6.81. The Morgan fingerprint density at radius 2 is 1.92 bits per heavy atom. The third kappa shape index (κ3) is 3.31. The molecular formula is C17H27N5O2. The smallest absolute Gasteiger partial charge is 0.248 e. The minimum atomic E-state index is -0.703. The molecule has 2 aliphatic heterocycles. The molecule has 0 aromatic carbocycles. The molecule has 2 amide bonds. The highest BCUT2D eigenvalue weighted by Crippen LogP contribution is 2.27. The predicted molar refractivity (Wildman–Crippen MR) is 90.3 cm³/mol. The van der Waals surface area contributed by atoms with E-state index in [4.69, 9.17) is 0 Å². The van der Waals surface area contributed by atoms with E-state index in [1.54, 1.807) is 17.8 Å². The van der Waals surface area contributed by atoms with Gasteiger partial charge < -0.3 is 15.5 Å². The summed E-state index contributed by atoms with van der Waals surface area (Å²) in [5.41, 5.74) is -0.703. The molecular weight excluding hydrogens is 306 g/mol. The summed E-state index contributed by atoms with van der Waals surface area (Å²) >= 11 is 0. The molecule has 7 heteroatoms. The monoisotopic (exact) mass is 333 g/mol. The second kappa shape index (κ2) is 7.34. The van der Waals surface area contributed by atoms with E-state index < -0.39 is 11.6 Å². The zero-order valence-electron chi connectivity index (χ0n) is 14.3. The number of rotatable bonds is 4. The van der Waals surface area contributed by atoms with Crippen LogP contribution in [0.15, 0.2) is 18.5 Å².